The average Bonchev–Trinajstić information content (AvgIpc) is 2.76. The standard InChI is InChI=1S/C11H14N4O2S/c1-3-18(16,17)14-10-4-5-11(13-8-10)15-7-6-12-9(15)2/h4-8,14H,3H2,1-2H3. The van der Waals surface area contributed by atoms with Gasteiger partial charge in [0.05, 0.1) is 17.6 Å². The van der Waals surface area contributed by atoms with E-state index in [4.69, 9.17) is 0 Å². The Morgan fingerprint density at radius 1 is 1.33 bits per heavy atom. The third kappa shape index (κ3) is 2.67. The molecule has 0 fully saturated rings. The molecule has 0 atom stereocenters. The summed E-state index contributed by atoms with van der Waals surface area (Å²) in [5.74, 6) is 1.56. The summed E-state index contributed by atoms with van der Waals surface area (Å²) in [6, 6.07) is 3.41. The second-order valence-electron chi connectivity index (χ2n) is 3.76. The molecule has 0 saturated carbocycles. The van der Waals surface area contributed by atoms with Crippen LogP contribution in [0.25, 0.3) is 5.82 Å². The highest BCUT2D eigenvalue weighted by Crippen LogP contribution is 2.12. The van der Waals surface area contributed by atoms with Gasteiger partial charge in [-0.15, -0.1) is 0 Å². The van der Waals surface area contributed by atoms with E-state index >= 15 is 0 Å². The van der Waals surface area contributed by atoms with Crippen LogP contribution in [0.4, 0.5) is 5.69 Å². The molecule has 6 nitrogen and oxygen atoms in total. The molecule has 0 aliphatic heterocycles. The zero-order valence-corrected chi connectivity index (χ0v) is 11.0. The van der Waals surface area contributed by atoms with Gasteiger partial charge in [-0.05, 0) is 26.0 Å². The fraction of sp³-hybridized carbons (Fsp3) is 0.273. The predicted octanol–water partition coefficient (Wildman–Crippen LogP) is 1.34. The topological polar surface area (TPSA) is 76.9 Å². The summed E-state index contributed by atoms with van der Waals surface area (Å²) in [5, 5.41) is 0. The molecule has 2 heterocycles. The zero-order chi connectivity index (χ0) is 13.2. The van der Waals surface area contributed by atoms with Crippen molar-refractivity contribution in [2.45, 2.75) is 13.8 Å². The molecular weight excluding hydrogens is 252 g/mol. The number of hydrogen-bond acceptors (Lipinski definition) is 4. The molecule has 2 rings (SSSR count). The van der Waals surface area contributed by atoms with E-state index in [9.17, 15) is 8.42 Å². The molecule has 96 valence electrons. The number of imidazole rings is 1. The number of hydrogen-bond donors (Lipinski definition) is 1. The van der Waals surface area contributed by atoms with Crippen LogP contribution in [0.3, 0.4) is 0 Å². The maximum absolute atomic E-state index is 11.4. The number of nitrogens with zero attached hydrogens (tertiary/aromatic N) is 3. The minimum Gasteiger partial charge on any atom is -0.288 e. The Bertz CT molecular complexity index is 631. The lowest BCUT2D eigenvalue weighted by atomic mass is 10.4. The minimum atomic E-state index is -3.26. The van der Waals surface area contributed by atoms with Gasteiger partial charge in [-0.3, -0.25) is 9.29 Å². The Labute approximate surface area is 106 Å². The number of aryl methyl sites for hydroxylation is 1. The van der Waals surface area contributed by atoms with Crippen molar-refractivity contribution in [3.8, 4) is 5.82 Å². The fourth-order valence-electron chi connectivity index (χ4n) is 1.46. The number of anilines is 1. The lowest BCUT2D eigenvalue weighted by Crippen LogP contribution is -2.14. The van der Waals surface area contributed by atoms with Crippen LogP contribution in [0.5, 0.6) is 0 Å². The van der Waals surface area contributed by atoms with Crippen molar-refractivity contribution in [2.75, 3.05) is 10.5 Å². The lowest BCUT2D eigenvalue weighted by molar-refractivity contribution is 0.602. The largest absolute Gasteiger partial charge is 0.288 e. The second kappa shape index (κ2) is 4.77. The minimum absolute atomic E-state index is 0.0371. The van der Waals surface area contributed by atoms with Crippen LogP contribution in [-0.4, -0.2) is 28.7 Å². The van der Waals surface area contributed by atoms with Crippen molar-refractivity contribution in [2.24, 2.45) is 0 Å². The molecule has 2 aromatic heterocycles. The Hall–Kier alpha value is -1.89. The molecule has 0 bridgehead atoms. The summed E-state index contributed by atoms with van der Waals surface area (Å²) in [5.41, 5.74) is 0.457. The van der Waals surface area contributed by atoms with Crippen LogP contribution < -0.4 is 4.72 Å². The molecule has 0 spiro atoms. The molecular formula is C11H14N4O2S. The van der Waals surface area contributed by atoms with Crippen molar-refractivity contribution in [1.29, 1.82) is 0 Å². The molecule has 7 heteroatoms. The van der Waals surface area contributed by atoms with Gasteiger partial charge in [0, 0.05) is 12.4 Å². The summed E-state index contributed by atoms with van der Waals surface area (Å²) in [6.07, 6.45) is 4.97. The van der Waals surface area contributed by atoms with Crippen LogP contribution in [-0.2, 0) is 10.0 Å². The van der Waals surface area contributed by atoms with Gasteiger partial charge in [-0.1, -0.05) is 0 Å². The Morgan fingerprint density at radius 2 is 2.11 bits per heavy atom. The van der Waals surface area contributed by atoms with Crippen LogP contribution in [0.1, 0.15) is 12.7 Å². The Balaban J connectivity index is 2.24. The van der Waals surface area contributed by atoms with Gasteiger partial charge >= 0.3 is 0 Å². The van der Waals surface area contributed by atoms with Crippen LogP contribution in [0, 0.1) is 6.92 Å². The molecule has 2 aromatic rings. The fourth-order valence-corrected chi connectivity index (χ4v) is 2.08. The number of rotatable bonds is 4. The van der Waals surface area contributed by atoms with E-state index in [0.717, 1.165) is 5.82 Å². The van der Waals surface area contributed by atoms with Crippen molar-refractivity contribution >= 4 is 15.7 Å². The molecule has 0 saturated heterocycles. The second-order valence-corrected chi connectivity index (χ2v) is 5.77. The SMILES string of the molecule is CCS(=O)(=O)Nc1ccc(-n2ccnc2C)nc1. The van der Waals surface area contributed by atoms with Gasteiger partial charge in [-0.2, -0.15) is 0 Å². The Morgan fingerprint density at radius 3 is 2.61 bits per heavy atom. The monoisotopic (exact) mass is 266 g/mol. The van der Waals surface area contributed by atoms with Gasteiger partial charge in [0.25, 0.3) is 0 Å². The summed E-state index contributed by atoms with van der Waals surface area (Å²) >= 11 is 0. The first-order chi connectivity index (χ1) is 8.52. The van der Waals surface area contributed by atoms with E-state index in [0.29, 0.717) is 11.5 Å². The maximum Gasteiger partial charge on any atom is 0.232 e. The van der Waals surface area contributed by atoms with Crippen molar-refractivity contribution < 1.29 is 8.42 Å². The lowest BCUT2D eigenvalue weighted by Gasteiger charge is -2.07. The van der Waals surface area contributed by atoms with E-state index < -0.39 is 10.0 Å². The maximum atomic E-state index is 11.4. The Kier molecular flexibility index (Phi) is 3.33. The summed E-state index contributed by atoms with van der Waals surface area (Å²) in [4.78, 5) is 8.30. The van der Waals surface area contributed by atoms with Crippen LogP contribution in [0.2, 0.25) is 0 Å². The molecule has 0 aromatic carbocycles. The van der Waals surface area contributed by atoms with E-state index in [1.54, 1.807) is 31.5 Å². The smallest absolute Gasteiger partial charge is 0.232 e. The number of sulfonamides is 1. The van der Waals surface area contributed by atoms with Gasteiger partial charge in [0.1, 0.15) is 11.6 Å². The van der Waals surface area contributed by atoms with Crippen LogP contribution >= 0.6 is 0 Å². The van der Waals surface area contributed by atoms with E-state index in [1.807, 2.05) is 11.5 Å². The summed E-state index contributed by atoms with van der Waals surface area (Å²) < 4.78 is 27.0. The van der Waals surface area contributed by atoms with E-state index in [-0.39, 0.29) is 5.75 Å². The first-order valence-corrected chi connectivity index (χ1v) is 7.14. The molecule has 0 unspecified atom stereocenters. The van der Waals surface area contributed by atoms with Crippen LogP contribution in [0.15, 0.2) is 30.7 Å². The third-order valence-electron chi connectivity index (χ3n) is 2.47. The summed E-state index contributed by atoms with van der Waals surface area (Å²) in [6.45, 7) is 3.45. The van der Waals surface area contributed by atoms with Gasteiger partial charge in [0.2, 0.25) is 10.0 Å². The van der Waals surface area contributed by atoms with Crippen molar-refractivity contribution in [3.05, 3.63) is 36.5 Å². The average molecular weight is 266 g/mol. The number of pyridine rings is 1. The van der Waals surface area contributed by atoms with Gasteiger partial charge < -0.3 is 0 Å². The molecule has 0 radical (unpaired) electrons. The van der Waals surface area contributed by atoms with Crippen molar-refractivity contribution in [3.63, 3.8) is 0 Å². The normalized spacial score (nSPS) is 11.4. The molecule has 1 N–H and O–H groups in total. The van der Waals surface area contributed by atoms with Gasteiger partial charge in [0.15, 0.2) is 0 Å². The zero-order valence-electron chi connectivity index (χ0n) is 10.2. The number of aromatic nitrogens is 3. The quantitative estimate of drug-likeness (QED) is 0.906. The first-order valence-electron chi connectivity index (χ1n) is 5.48. The molecule has 0 amide bonds. The highest BCUT2D eigenvalue weighted by Gasteiger charge is 2.07. The molecule has 0 aliphatic rings. The summed E-state index contributed by atoms with van der Waals surface area (Å²) in [7, 11) is -3.26. The highest BCUT2D eigenvalue weighted by atomic mass is 32.2. The van der Waals surface area contributed by atoms with Gasteiger partial charge in [-0.25, -0.2) is 18.4 Å². The van der Waals surface area contributed by atoms with E-state index in [1.165, 1.54) is 6.20 Å². The van der Waals surface area contributed by atoms with Crippen molar-refractivity contribution in [1.82, 2.24) is 14.5 Å². The predicted molar refractivity (Wildman–Crippen MR) is 69.2 cm³/mol. The van der Waals surface area contributed by atoms with E-state index in [2.05, 4.69) is 14.7 Å². The highest BCUT2D eigenvalue weighted by molar-refractivity contribution is 7.92. The third-order valence-corrected chi connectivity index (χ3v) is 3.78. The number of nitrogens with one attached hydrogen (secondary N) is 1. The molecule has 0 aliphatic carbocycles. The first kappa shape index (κ1) is 12.6. The molecule has 18 heavy (non-hydrogen) atoms.